The first-order valence-corrected chi connectivity index (χ1v) is 7.97. The van der Waals surface area contributed by atoms with E-state index in [2.05, 4.69) is 10.6 Å². The number of carbonyl (C=O) groups excluding carboxylic acids is 2. The van der Waals surface area contributed by atoms with Crippen molar-refractivity contribution in [2.45, 2.75) is 64.5 Å². The molecule has 0 aromatic carbocycles. The number of nitrogens with one attached hydrogen (secondary N) is 2. The van der Waals surface area contributed by atoms with Crippen LogP contribution in [0.1, 0.15) is 52.4 Å². The van der Waals surface area contributed by atoms with Crippen molar-refractivity contribution in [2.24, 2.45) is 0 Å². The molecule has 0 aliphatic heterocycles. The maximum Gasteiger partial charge on any atom is 0.314 e. The van der Waals surface area contributed by atoms with Crippen LogP contribution in [0.5, 0.6) is 0 Å². The fraction of sp³-hybridized carbons (Fsp3) is 0.867. The van der Waals surface area contributed by atoms with Crippen molar-refractivity contribution >= 4 is 12.0 Å². The lowest BCUT2D eigenvalue weighted by molar-refractivity contribution is -0.151. The van der Waals surface area contributed by atoms with E-state index in [9.17, 15) is 9.59 Å². The maximum absolute atomic E-state index is 11.7. The van der Waals surface area contributed by atoms with Gasteiger partial charge in [-0.1, -0.05) is 0 Å². The summed E-state index contributed by atoms with van der Waals surface area (Å²) in [5.41, 5.74) is 0. The van der Waals surface area contributed by atoms with Crippen molar-refractivity contribution in [1.82, 2.24) is 10.6 Å². The zero-order valence-electron chi connectivity index (χ0n) is 13.2. The largest absolute Gasteiger partial charge is 0.462 e. The predicted octanol–water partition coefficient (Wildman–Crippen LogP) is 1.98. The Hall–Kier alpha value is -1.30. The first-order chi connectivity index (χ1) is 10.2. The lowest BCUT2D eigenvalue weighted by Crippen LogP contribution is -2.44. The number of urea groups is 1. The quantitative estimate of drug-likeness (QED) is 0.531. The zero-order chi connectivity index (χ0) is 15.5. The minimum absolute atomic E-state index is 0.00289. The van der Waals surface area contributed by atoms with Crippen LogP contribution in [0.15, 0.2) is 0 Å². The summed E-state index contributed by atoms with van der Waals surface area (Å²) < 4.78 is 10.6. The van der Waals surface area contributed by atoms with Gasteiger partial charge in [0.2, 0.25) is 0 Å². The molecule has 122 valence electrons. The normalized spacial score (nSPS) is 21.6. The van der Waals surface area contributed by atoms with Gasteiger partial charge >= 0.3 is 12.0 Å². The Morgan fingerprint density at radius 3 is 2.48 bits per heavy atom. The lowest BCUT2D eigenvalue weighted by Gasteiger charge is -2.28. The van der Waals surface area contributed by atoms with E-state index in [1.54, 1.807) is 0 Å². The molecule has 1 aliphatic rings. The second-order valence-electron chi connectivity index (χ2n) is 5.27. The van der Waals surface area contributed by atoms with Gasteiger partial charge in [-0.05, 0) is 46.0 Å². The Morgan fingerprint density at radius 2 is 1.86 bits per heavy atom. The summed E-state index contributed by atoms with van der Waals surface area (Å²) in [6.07, 6.45) is 4.46. The average Bonchev–Trinajstić information content (AvgIpc) is 2.46. The van der Waals surface area contributed by atoms with E-state index in [1.807, 2.05) is 13.8 Å². The van der Waals surface area contributed by atoms with Gasteiger partial charge in [0.25, 0.3) is 0 Å². The molecule has 0 aromatic rings. The van der Waals surface area contributed by atoms with Crippen molar-refractivity contribution < 1.29 is 19.1 Å². The minimum Gasteiger partial charge on any atom is -0.462 e. The van der Waals surface area contributed by atoms with Crippen molar-refractivity contribution in [3.8, 4) is 0 Å². The van der Waals surface area contributed by atoms with Crippen LogP contribution in [0.4, 0.5) is 4.79 Å². The highest BCUT2D eigenvalue weighted by atomic mass is 16.5. The molecule has 6 nitrogen and oxygen atoms in total. The molecule has 21 heavy (non-hydrogen) atoms. The summed E-state index contributed by atoms with van der Waals surface area (Å²) in [4.78, 5) is 23.1. The van der Waals surface area contributed by atoms with Gasteiger partial charge in [0.15, 0.2) is 0 Å². The molecule has 0 radical (unpaired) electrons. The Bertz CT molecular complexity index is 315. The van der Waals surface area contributed by atoms with Gasteiger partial charge in [0.05, 0.1) is 0 Å². The van der Waals surface area contributed by atoms with Crippen LogP contribution in [-0.4, -0.2) is 43.9 Å². The number of rotatable bonds is 8. The Morgan fingerprint density at radius 1 is 1.14 bits per heavy atom. The van der Waals surface area contributed by atoms with Gasteiger partial charge in [-0.2, -0.15) is 0 Å². The average molecular weight is 300 g/mol. The Kier molecular flexibility index (Phi) is 8.82. The van der Waals surface area contributed by atoms with Crippen LogP contribution >= 0.6 is 0 Å². The van der Waals surface area contributed by atoms with Crippen LogP contribution in [0.3, 0.4) is 0 Å². The van der Waals surface area contributed by atoms with Gasteiger partial charge in [-0.25, -0.2) is 4.79 Å². The molecule has 2 amide bonds. The lowest BCUT2D eigenvalue weighted by atomic mass is 9.93. The highest BCUT2D eigenvalue weighted by molar-refractivity contribution is 5.74. The summed E-state index contributed by atoms with van der Waals surface area (Å²) in [5, 5.41) is 5.66. The van der Waals surface area contributed by atoms with Gasteiger partial charge in [0.1, 0.15) is 6.10 Å². The van der Waals surface area contributed by atoms with Crippen LogP contribution in [-0.2, 0) is 14.3 Å². The number of amides is 2. The van der Waals surface area contributed by atoms with Gasteiger partial charge in [-0.3, -0.25) is 4.79 Å². The van der Waals surface area contributed by atoms with E-state index in [-0.39, 0.29) is 24.1 Å². The van der Waals surface area contributed by atoms with Crippen LogP contribution in [0, 0.1) is 0 Å². The monoisotopic (exact) mass is 300 g/mol. The van der Waals surface area contributed by atoms with E-state index in [4.69, 9.17) is 9.47 Å². The molecule has 0 bridgehead atoms. The van der Waals surface area contributed by atoms with E-state index in [1.165, 1.54) is 0 Å². The first kappa shape index (κ1) is 17.8. The SMILES string of the molecule is CCNC(=O)NC1CCC(OC(=O)CCCOCC)CC1. The molecular formula is C15H28N2O4. The molecule has 0 unspecified atom stereocenters. The van der Waals surface area contributed by atoms with Crippen molar-refractivity contribution in [1.29, 1.82) is 0 Å². The molecule has 6 heteroatoms. The van der Waals surface area contributed by atoms with Crippen molar-refractivity contribution in [3.63, 3.8) is 0 Å². The standard InChI is InChI=1S/C15H28N2O4/c1-3-16-15(19)17-12-7-9-13(10-8-12)21-14(18)6-5-11-20-4-2/h12-13H,3-11H2,1-2H3,(H2,16,17,19). The molecule has 0 spiro atoms. The fourth-order valence-corrected chi connectivity index (χ4v) is 2.43. The third-order valence-corrected chi connectivity index (χ3v) is 3.52. The molecule has 2 N–H and O–H groups in total. The number of carbonyl (C=O) groups is 2. The van der Waals surface area contributed by atoms with Crippen LogP contribution in [0.25, 0.3) is 0 Å². The summed E-state index contributed by atoms with van der Waals surface area (Å²) in [6, 6.07) is 0.0679. The number of hydrogen-bond acceptors (Lipinski definition) is 4. The summed E-state index contributed by atoms with van der Waals surface area (Å²) in [6.45, 7) is 5.74. The molecule has 1 rings (SSSR count). The smallest absolute Gasteiger partial charge is 0.314 e. The van der Waals surface area contributed by atoms with E-state index < -0.39 is 0 Å². The van der Waals surface area contributed by atoms with E-state index in [0.29, 0.717) is 32.6 Å². The third kappa shape index (κ3) is 7.90. The highest BCUT2D eigenvalue weighted by Crippen LogP contribution is 2.21. The molecule has 1 saturated carbocycles. The summed E-state index contributed by atoms with van der Waals surface area (Å²) in [7, 11) is 0. The predicted molar refractivity (Wildman–Crippen MR) is 80.1 cm³/mol. The number of ether oxygens (including phenoxy) is 2. The topological polar surface area (TPSA) is 76.7 Å². The molecule has 0 heterocycles. The maximum atomic E-state index is 11.7. The van der Waals surface area contributed by atoms with Crippen LogP contribution in [0.2, 0.25) is 0 Å². The zero-order valence-corrected chi connectivity index (χ0v) is 13.2. The third-order valence-electron chi connectivity index (χ3n) is 3.52. The second kappa shape index (κ2) is 10.4. The van der Waals surface area contributed by atoms with E-state index in [0.717, 1.165) is 25.7 Å². The van der Waals surface area contributed by atoms with Crippen molar-refractivity contribution in [2.75, 3.05) is 19.8 Å². The molecular weight excluding hydrogens is 272 g/mol. The minimum atomic E-state index is -0.144. The Balaban J connectivity index is 2.12. The van der Waals surface area contributed by atoms with Gasteiger partial charge in [-0.15, -0.1) is 0 Å². The molecule has 0 aromatic heterocycles. The van der Waals surface area contributed by atoms with E-state index >= 15 is 0 Å². The summed E-state index contributed by atoms with van der Waals surface area (Å²) >= 11 is 0. The number of esters is 1. The first-order valence-electron chi connectivity index (χ1n) is 7.97. The summed E-state index contributed by atoms with van der Waals surface area (Å²) in [5.74, 6) is -0.144. The molecule has 0 atom stereocenters. The van der Waals surface area contributed by atoms with Crippen LogP contribution < -0.4 is 10.6 Å². The second-order valence-corrected chi connectivity index (χ2v) is 5.27. The highest BCUT2D eigenvalue weighted by Gasteiger charge is 2.24. The van der Waals surface area contributed by atoms with Gasteiger partial charge < -0.3 is 20.1 Å². The van der Waals surface area contributed by atoms with Crippen molar-refractivity contribution in [3.05, 3.63) is 0 Å². The molecule has 1 aliphatic carbocycles. The Labute approximate surface area is 126 Å². The fourth-order valence-electron chi connectivity index (χ4n) is 2.43. The molecule has 1 fully saturated rings. The number of hydrogen-bond donors (Lipinski definition) is 2. The molecule has 0 saturated heterocycles. The van der Waals surface area contributed by atoms with Gasteiger partial charge in [0, 0.05) is 32.2 Å².